The van der Waals surface area contributed by atoms with E-state index in [0.717, 1.165) is 0 Å². The highest BCUT2D eigenvalue weighted by Gasteiger charge is 2.19. The van der Waals surface area contributed by atoms with E-state index in [2.05, 4.69) is 16.6 Å². The molecule has 1 aliphatic heterocycles. The molecule has 0 unspecified atom stereocenters. The second kappa shape index (κ2) is 5.44. The Morgan fingerprint density at radius 2 is 2.26 bits per heavy atom. The van der Waals surface area contributed by atoms with Gasteiger partial charge < -0.3 is 14.4 Å². The predicted molar refractivity (Wildman–Crippen MR) is 68.9 cm³/mol. The second-order valence-electron chi connectivity index (χ2n) is 3.98. The first-order chi connectivity index (χ1) is 9.11. The van der Waals surface area contributed by atoms with Crippen molar-refractivity contribution in [3.8, 4) is 17.6 Å². The number of methoxy groups -OCH3 is 1. The number of carbonyl (C=O) groups is 2. The van der Waals surface area contributed by atoms with Gasteiger partial charge in [-0.2, -0.15) is 0 Å². The molecule has 0 spiro atoms. The first kappa shape index (κ1) is 13.0. The molecular weight excluding hydrogens is 246 g/mol. The molecule has 0 aliphatic carbocycles. The summed E-state index contributed by atoms with van der Waals surface area (Å²) in [5.74, 6) is 5.04. The number of hydrogen-bond donors (Lipinski definition) is 0. The Morgan fingerprint density at radius 3 is 3.00 bits per heavy atom. The van der Waals surface area contributed by atoms with Crippen LogP contribution in [0.5, 0.6) is 5.75 Å². The minimum atomic E-state index is -0.601. The van der Waals surface area contributed by atoms with Gasteiger partial charge >= 0.3 is 5.97 Å². The van der Waals surface area contributed by atoms with Crippen LogP contribution >= 0.6 is 0 Å². The van der Waals surface area contributed by atoms with E-state index in [1.54, 1.807) is 25.2 Å². The summed E-state index contributed by atoms with van der Waals surface area (Å²) in [7, 11) is 2.96. The predicted octanol–water partition coefficient (Wildman–Crippen LogP) is 0.956. The third-order valence-electron chi connectivity index (χ3n) is 2.76. The molecule has 0 radical (unpaired) electrons. The lowest BCUT2D eigenvalue weighted by molar-refractivity contribution is -0.133. The number of amides is 1. The summed E-state index contributed by atoms with van der Waals surface area (Å²) in [4.78, 5) is 24.2. The van der Waals surface area contributed by atoms with Crippen molar-refractivity contribution >= 4 is 17.6 Å². The maximum atomic E-state index is 11.7. The number of hydrogen-bond acceptors (Lipinski definition) is 4. The van der Waals surface area contributed by atoms with Gasteiger partial charge in [0, 0.05) is 18.5 Å². The minimum absolute atomic E-state index is 0.0168. The van der Waals surface area contributed by atoms with Gasteiger partial charge in [-0.3, -0.25) is 4.79 Å². The molecule has 0 bridgehead atoms. The van der Waals surface area contributed by atoms with Crippen LogP contribution in [0.2, 0.25) is 0 Å². The van der Waals surface area contributed by atoms with Gasteiger partial charge in [0.1, 0.15) is 5.75 Å². The van der Waals surface area contributed by atoms with Crippen molar-refractivity contribution in [2.75, 3.05) is 25.7 Å². The second-order valence-corrected chi connectivity index (χ2v) is 3.98. The Labute approximate surface area is 111 Å². The number of ether oxygens (including phenoxy) is 2. The summed E-state index contributed by atoms with van der Waals surface area (Å²) in [5, 5.41) is 0. The van der Waals surface area contributed by atoms with Crippen LogP contribution in [-0.4, -0.2) is 32.6 Å². The third kappa shape index (κ3) is 2.86. The summed E-state index contributed by atoms with van der Waals surface area (Å²) >= 11 is 0. The normalized spacial score (nSPS) is 13.6. The van der Waals surface area contributed by atoms with Crippen LogP contribution < -0.4 is 9.64 Å². The number of benzene rings is 1. The zero-order valence-corrected chi connectivity index (χ0v) is 10.7. The molecule has 0 atom stereocenters. The van der Waals surface area contributed by atoms with Crippen molar-refractivity contribution in [3.05, 3.63) is 23.8 Å². The van der Waals surface area contributed by atoms with Gasteiger partial charge in [0.2, 0.25) is 5.91 Å². The quantitative estimate of drug-likeness (QED) is 0.514. The first-order valence-corrected chi connectivity index (χ1v) is 5.75. The highest BCUT2D eigenvalue weighted by Crippen LogP contribution is 2.31. The standard InChI is InChI=1S/C14H13NO4/c1-15-11-9-10(4-6-14(17)18-2)3-5-12(11)19-8-7-13(15)16/h3,5,9H,7-8H2,1-2H3. The van der Waals surface area contributed by atoms with Crippen LogP contribution in [0.15, 0.2) is 18.2 Å². The molecule has 0 fully saturated rings. The summed E-state index contributed by atoms with van der Waals surface area (Å²) in [6.07, 6.45) is 0.342. The van der Waals surface area contributed by atoms with Gasteiger partial charge in [-0.1, -0.05) is 5.92 Å². The Hall–Kier alpha value is -2.48. The summed E-state index contributed by atoms with van der Waals surface area (Å²) in [5.41, 5.74) is 1.27. The third-order valence-corrected chi connectivity index (χ3v) is 2.76. The zero-order valence-electron chi connectivity index (χ0n) is 10.7. The van der Waals surface area contributed by atoms with Gasteiger partial charge in [-0.05, 0) is 18.2 Å². The van der Waals surface area contributed by atoms with Crippen LogP contribution in [0.1, 0.15) is 12.0 Å². The number of rotatable bonds is 0. The molecule has 0 N–H and O–H groups in total. The van der Waals surface area contributed by atoms with Crippen molar-refractivity contribution in [2.24, 2.45) is 0 Å². The SMILES string of the molecule is COC(=O)C#Cc1ccc2c(c1)N(C)C(=O)CCO2. The van der Waals surface area contributed by atoms with Crippen LogP contribution in [0.4, 0.5) is 5.69 Å². The zero-order chi connectivity index (χ0) is 13.8. The number of fused-ring (bicyclic) bond motifs is 1. The summed E-state index contributed by atoms with van der Waals surface area (Å²) in [6.45, 7) is 0.364. The van der Waals surface area contributed by atoms with E-state index >= 15 is 0 Å². The highest BCUT2D eigenvalue weighted by atomic mass is 16.5. The molecule has 0 saturated heterocycles. The van der Waals surface area contributed by atoms with Gasteiger partial charge in [0.05, 0.1) is 25.8 Å². The van der Waals surface area contributed by atoms with Gasteiger partial charge in [-0.15, -0.1) is 0 Å². The van der Waals surface area contributed by atoms with Gasteiger partial charge in [0.25, 0.3) is 0 Å². The maximum absolute atomic E-state index is 11.7. The maximum Gasteiger partial charge on any atom is 0.384 e. The molecule has 0 aromatic heterocycles. The molecule has 2 rings (SSSR count). The molecular formula is C14H13NO4. The van der Waals surface area contributed by atoms with Crippen molar-refractivity contribution < 1.29 is 19.1 Å². The van der Waals surface area contributed by atoms with Crippen molar-refractivity contribution in [1.29, 1.82) is 0 Å². The lowest BCUT2D eigenvalue weighted by atomic mass is 10.1. The lowest BCUT2D eigenvalue weighted by Gasteiger charge is -2.16. The molecule has 5 nitrogen and oxygen atoms in total. The smallest absolute Gasteiger partial charge is 0.384 e. The number of carbonyl (C=O) groups excluding carboxylic acids is 2. The van der Waals surface area contributed by atoms with E-state index in [-0.39, 0.29) is 5.91 Å². The number of anilines is 1. The molecule has 98 valence electrons. The largest absolute Gasteiger partial charge is 0.491 e. The minimum Gasteiger partial charge on any atom is -0.491 e. The average molecular weight is 259 g/mol. The van der Waals surface area contributed by atoms with Crippen LogP contribution in [0, 0.1) is 11.8 Å². The lowest BCUT2D eigenvalue weighted by Crippen LogP contribution is -2.25. The van der Waals surface area contributed by atoms with E-state index in [4.69, 9.17) is 4.74 Å². The van der Waals surface area contributed by atoms with Crippen molar-refractivity contribution in [2.45, 2.75) is 6.42 Å². The van der Waals surface area contributed by atoms with Crippen LogP contribution in [0.3, 0.4) is 0 Å². The highest BCUT2D eigenvalue weighted by molar-refractivity contribution is 5.95. The monoisotopic (exact) mass is 259 g/mol. The molecule has 1 amide bonds. The van der Waals surface area contributed by atoms with E-state index in [0.29, 0.717) is 30.0 Å². The topological polar surface area (TPSA) is 55.8 Å². The van der Waals surface area contributed by atoms with Crippen LogP contribution in [-0.2, 0) is 14.3 Å². The fraction of sp³-hybridized carbons (Fsp3) is 0.286. The molecule has 1 aliphatic rings. The number of esters is 1. The fourth-order valence-corrected chi connectivity index (χ4v) is 1.70. The Bertz CT molecular complexity index is 583. The van der Waals surface area contributed by atoms with E-state index in [1.807, 2.05) is 0 Å². The molecule has 1 heterocycles. The average Bonchev–Trinajstić information content (AvgIpc) is 2.57. The Morgan fingerprint density at radius 1 is 1.47 bits per heavy atom. The molecule has 1 aromatic carbocycles. The van der Waals surface area contributed by atoms with E-state index in [9.17, 15) is 9.59 Å². The van der Waals surface area contributed by atoms with Gasteiger partial charge in [0.15, 0.2) is 0 Å². The number of nitrogens with zero attached hydrogens (tertiary/aromatic N) is 1. The first-order valence-electron chi connectivity index (χ1n) is 5.75. The van der Waals surface area contributed by atoms with Crippen molar-refractivity contribution in [3.63, 3.8) is 0 Å². The summed E-state index contributed by atoms with van der Waals surface area (Å²) < 4.78 is 9.93. The summed E-state index contributed by atoms with van der Waals surface area (Å²) in [6, 6.07) is 5.19. The van der Waals surface area contributed by atoms with E-state index < -0.39 is 5.97 Å². The van der Waals surface area contributed by atoms with Crippen LogP contribution in [0.25, 0.3) is 0 Å². The molecule has 19 heavy (non-hydrogen) atoms. The molecule has 5 heteroatoms. The van der Waals surface area contributed by atoms with Crippen molar-refractivity contribution in [1.82, 2.24) is 0 Å². The fourth-order valence-electron chi connectivity index (χ4n) is 1.70. The molecule has 1 aromatic rings. The van der Waals surface area contributed by atoms with Gasteiger partial charge in [-0.25, -0.2) is 4.79 Å². The van der Waals surface area contributed by atoms with E-state index in [1.165, 1.54) is 12.0 Å². The molecule has 0 saturated carbocycles. The Balaban J connectivity index is 2.36. The Kier molecular flexibility index (Phi) is 3.71.